The van der Waals surface area contributed by atoms with Crippen molar-refractivity contribution in [3.8, 4) is 0 Å². The van der Waals surface area contributed by atoms with Crippen molar-refractivity contribution >= 4 is 22.5 Å². The van der Waals surface area contributed by atoms with Crippen molar-refractivity contribution < 1.29 is 14.5 Å². The fraction of sp³-hybridized carbons (Fsp3) is 0.375. The monoisotopic (exact) mass is 302 g/mol. The molecule has 6 heteroatoms. The minimum Gasteiger partial charge on any atom is -0.358 e. The van der Waals surface area contributed by atoms with Gasteiger partial charge in [0.2, 0.25) is 6.54 Å². The molecule has 2 rings (SSSR count). The molecule has 0 fully saturated rings. The summed E-state index contributed by atoms with van der Waals surface area (Å²) in [5.74, 6) is -2.45. The SMILES string of the molecule is CC(=O)C(C(C)=O)C(C[N+](=O)[O-])c1c(C)[nH]c2ccccc12. The summed E-state index contributed by atoms with van der Waals surface area (Å²) in [5, 5.41) is 11.9. The molecule has 1 atom stereocenters. The van der Waals surface area contributed by atoms with Gasteiger partial charge in [-0.1, -0.05) is 18.2 Å². The number of fused-ring (bicyclic) bond motifs is 1. The van der Waals surface area contributed by atoms with E-state index in [9.17, 15) is 19.7 Å². The number of ketones is 2. The van der Waals surface area contributed by atoms with Crippen molar-refractivity contribution in [2.75, 3.05) is 6.54 Å². The highest BCUT2D eigenvalue weighted by Crippen LogP contribution is 2.35. The van der Waals surface area contributed by atoms with Gasteiger partial charge in [-0.05, 0) is 32.4 Å². The fourth-order valence-electron chi connectivity index (χ4n) is 3.15. The molecule has 2 aromatic rings. The van der Waals surface area contributed by atoms with E-state index < -0.39 is 23.3 Å². The second-order valence-electron chi connectivity index (χ2n) is 5.53. The number of hydrogen-bond donors (Lipinski definition) is 1. The van der Waals surface area contributed by atoms with Crippen molar-refractivity contribution in [1.29, 1.82) is 0 Å². The fourth-order valence-corrected chi connectivity index (χ4v) is 3.15. The van der Waals surface area contributed by atoms with E-state index in [0.29, 0.717) is 5.56 Å². The van der Waals surface area contributed by atoms with E-state index in [-0.39, 0.29) is 11.6 Å². The molecule has 0 spiro atoms. The molecule has 1 aromatic heterocycles. The summed E-state index contributed by atoms with van der Waals surface area (Å²) >= 11 is 0. The highest BCUT2D eigenvalue weighted by Gasteiger charge is 2.37. The number of rotatable bonds is 6. The van der Waals surface area contributed by atoms with Crippen LogP contribution in [-0.4, -0.2) is 28.0 Å². The molecule has 1 aromatic carbocycles. The number of nitrogens with zero attached hydrogens (tertiary/aromatic N) is 1. The normalized spacial score (nSPS) is 12.5. The summed E-state index contributed by atoms with van der Waals surface area (Å²) in [4.78, 5) is 37.6. The predicted molar refractivity (Wildman–Crippen MR) is 82.5 cm³/mol. The Balaban J connectivity index is 2.66. The van der Waals surface area contributed by atoms with Crippen molar-refractivity contribution in [3.05, 3.63) is 45.6 Å². The number of aromatic nitrogens is 1. The number of aryl methyl sites for hydroxylation is 1. The van der Waals surface area contributed by atoms with Crippen LogP contribution < -0.4 is 0 Å². The number of carbonyl (C=O) groups excluding carboxylic acids is 2. The van der Waals surface area contributed by atoms with Crippen molar-refractivity contribution in [1.82, 2.24) is 4.98 Å². The number of H-pyrrole nitrogens is 1. The Hall–Kier alpha value is -2.50. The van der Waals surface area contributed by atoms with Crippen LogP contribution in [0.15, 0.2) is 24.3 Å². The number of carbonyl (C=O) groups is 2. The molecule has 0 aliphatic carbocycles. The molecular weight excluding hydrogens is 284 g/mol. The first-order chi connectivity index (χ1) is 10.3. The molecule has 116 valence electrons. The molecule has 1 N–H and O–H groups in total. The highest BCUT2D eigenvalue weighted by atomic mass is 16.6. The summed E-state index contributed by atoms with van der Waals surface area (Å²) in [6.07, 6.45) is 0. The van der Waals surface area contributed by atoms with Crippen LogP contribution in [0.3, 0.4) is 0 Å². The molecule has 0 radical (unpaired) electrons. The Kier molecular flexibility index (Phi) is 4.40. The second-order valence-corrected chi connectivity index (χ2v) is 5.53. The van der Waals surface area contributed by atoms with Crippen LogP contribution in [0.5, 0.6) is 0 Å². The van der Waals surface area contributed by atoms with Gasteiger partial charge in [0.05, 0.1) is 11.8 Å². The van der Waals surface area contributed by atoms with Crippen LogP contribution in [0.4, 0.5) is 0 Å². The van der Waals surface area contributed by atoms with Gasteiger partial charge in [-0.25, -0.2) is 0 Å². The number of benzene rings is 1. The molecule has 1 heterocycles. The van der Waals surface area contributed by atoms with Crippen molar-refractivity contribution in [3.63, 3.8) is 0 Å². The van der Waals surface area contributed by atoms with E-state index in [1.165, 1.54) is 13.8 Å². The maximum absolute atomic E-state index is 11.9. The van der Waals surface area contributed by atoms with Gasteiger partial charge in [0.1, 0.15) is 11.6 Å². The number of nitrogens with one attached hydrogen (secondary N) is 1. The molecule has 0 saturated carbocycles. The lowest BCUT2D eigenvalue weighted by Gasteiger charge is -2.20. The summed E-state index contributed by atoms with van der Waals surface area (Å²) in [7, 11) is 0. The summed E-state index contributed by atoms with van der Waals surface area (Å²) in [6, 6.07) is 7.40. The Labute approximate surface area is 127 Å². The third-order valence-corrected chi connectivity index (χ3v) is 3.94. The first kappa shape index (κ1) is 15.9. The van der Waals surface area contributed by atoms with Crippen LogP contribution in [0.2, 0.25) is 0 Å². The topological polar surface area (TPSA) is 93.1 Å². The lowest BCUT2D eigenvalue weighted by atomic mass is 9.80. The van der Waals surface area contributed by atoms with Crippen LogP contribution in [0.25, 0.3) is 10.9 Å². The van der Waals surface area contributed by atoms with Gasteiger partial charge >= 0.3 is 0 Å². The standard InChI is InChI=1S/C16H18N2O4/c1-9-15(12-6-4-5-7-14(12)17-9)13(8-18(21)22)16(10(2)19)11(3)20/h4-7,13,16-17H,8H2,1-3H3. The van der Waals surface area contributed by atoms with E-state index in [0.717, 1.165) is 16.6 Å². The van der Waals surface area contributed by atoms with E-state index in [4.69, 9.17) is 0 Å². The quantitative estimate of drug-likeness (QED) is 0.504. The lowest BCUT2D eigenvalue weighted by molar-refractivity contribution is -0.484. The highest BCUT2D eigenvalue weighted by molar-refractivity contribution is 6.02. The summed E-state index contributed by atoms with van der Waals surface area (Å²) in [5.41, 5.74) is 2.28. The molecule has 6 nitrogen and oxygen atoms in total. The molecule has 0 aliphatic rings. The largest absolute Gasteiger partial charge is 0.358 e. The van der Waals surface area contributed by atoms with Gasteiger partial charge < -0.3 is 4.98 Å². The average Bonchev–Trinajstić information content (AvgIpc) is 2.72. The van der Waals surface area contributed by atoms with Gasteiger partial charge in [0, 0.05) is 21.5 Å². The number of para-hydroxylation sites is 1. The number of hydrogen-bond acceptors (Lipinski definition) is 4. The van der Waals surface area contributed by atoms with E-state index >= 15 is 0 Å². The van der Waals surface area contributed by atoms with Gasteiger partial charge in [0.15, 0.2) is 0 Å². The minimum absolute atomic E-state index is 0.343. The zero-order chi connectivity index (χ0) is 16.4. The van der Waals surface area contributed by atoms with Gasteiger partial charge in [-0.2, -0.15) is 0 Å². The average molecular weight is 302 g/mol. The number of aromatic amines is 1. The zero-order valence-electron chi connectivity index (χ0n) is 12.8. The van der Waals surface area contributed by atoms with Crippen LogP contribution in [0, 0.1) is 23.0 Å². The smallest absolute Gasteiger partial charge is 0.211 e. The molecule has 0 saturated heterocycles. The van der Waals surface area contributed by atoms with E-state index in [2.05, 4.69) is 4.98 Å². The van der Waals surface area contributed by atoms with E-state index in [1.807, 2.05) is 24.3 Å². The minimum atomic E-state index is -0.997. The number of Topliss-reactive ketones (excluding diaryl/α,β-unsaturated/α-hetero) is 2. The van der Waals surface area contributed by atoms with Crippen LogP contribution in [0.1, 0.15) is 31.0 Å². The summed E-state index contributed by atoms with van der Waals surface area (Å²) < 4.78 is 0. The van der Waals surface area contributed by atoms with Gasteiger partial charge in [-0.15, -0.1) is 0 Å². The second kappa shape index (κ2) is 6.09. The van der Waals surface area contributed by atoms with Gasteiger partial charge in [-0.3, -0.25) is 19.7 Å². The molecule has 0 aliphatic heterocycles. The summed E-state index contributed by atoms with van der Waals surface area (Å²) in [6.45, 7) is 3.97. The maximum atomic E-state index is 11.9. The molecule has 0 bridgehead atoms. The van der Waals surface area contributed by atoms with Crippen LogP contribution >= 0.6 is 0 Å². The van der Waals surface area contributed by atoms with Crippen molar-refractivity contribution in [2.24, 2.45) is 5.92 Å². The number of nitro groups is 1. The van der Waals surface area contributed by atoms with Gasteiger partial charge in [0.25, 0.3) is 0 Å². The first-order valence-corrected chi connectivity index (χ1v) is 7.02. The molecular formula is C16H18N2O4. The van der Waals surface area contributed by atoms with E-state index in [1.54, 1.807) is 6.92 Å². The Morgan fingerprint density at radius 2 is 1.82 bits per heavy atom. The first-order valence-electron chi connectivity index (χ1n) is 7.02. The molecule has 0 amide bonds. The Bertz CT molecular complexity index is 734. The molecule has 1 unspecified atom stereocenters. The third kappa shape index (κ3) is 2.90. The van der Waals surface area contributed by atoms with Crippen molar-refractivity contribution in [2.45, 2.75) is 26.7 Å². The Morgan fingerprint density at radius 3 is 2.36 bits per heavy atom. The third-order valence-electron chi connectivity index (χ3n) is 3.94. The maximum Gasteiger partial charge on any atom is 0.211 e. The predicted octanol–water partition coefficient (Wildman–Crippen LogP) is 2.63. The molecule has 22 heavy (non-hydrogen) atoms. The van der Waals surface area contributed by atoms with Crippen LogP contribution in [-0.2, 0) is 9.59 Å². The zero-order valence-corrected chi connectivity index (χ0v) is 12.8. The lowest BCUT2D eigenvalue weighted by Crippen LogP contribution is -2.31. The Morgan fingerprint density at radius 1 is 1.23 bits per heavy atom.